The Morgan fingerprint density at radius 1 is 1.35 bits per heavy atom. The second kappa shape index (κ2) is 4.55. The fraction of sp³-hybridized carbons (Fsp3) is 0.182. The van der Waals surface area contributed by atoms with Gasteiger partial charge in [-0.15, -0.1) is 0 Å². The number of rotatable bonds is 2. The van der Waals surface area contributed by atoms with Crippen molar-refractivity contribution in [1.29, 1.82) is 0 Å². The molecule has 2 rings (SSSR count). The highest BCUT2D eigenvalue weighted by Gasteiger charge is 2.06. The molecule has 0 atom stereocenters. The van der Waals surface area contributed by atoms with E-state index in [2.05, 4.69) is 10.1 Å². The van der Waals surface area contributed by atoms with Crippen molar-refractivity contribution in [2.45, 2.75) is 13.5 Å². The third-order valence-electron chi connectivity index (χ3n) is 2.24. The standard InChI is InChI=1S/C11H11ClN4O/c1-7-2-5-11(17)16(15-7)6-9-8(12)3-4-10(13)14-9/h2-5H,6H2,1H3,(H2,13,14). The van der Waals surface area contributed by atoms with E-state index in [1.807, 2.05) is 6.92 Å². The van der Waals surface area contributed by atoms with Gasteiger partial charge in [0.2, 0.25) is 0 Å². The van der Waals surface area contributed by atoms with Crippen molar-refractivity contribution in [2.75, 3.05) is 5.73 Å². The summed E-state index contributed by atoms with van der Waals surface area (Å²) in [5.74, 6) is 0.366. The molecule has 0 bridgehead atoms. The Bertz CT molecular complexity index is 609. The fourth-order valence-electron chi connectivity index (χ4n) is 1.42. The minimum Gasteiger partial charge on any atom is -0.384 e. The minimum atomic E-state index is -0.198. The third kappa shape index (κ3) is 2.62. The number of pyridine rings is 1. The molecule has 0 radical (unpaired) electrons. The van der Waals surface area contributed by atoms with Gasteiger partial charge < -0.3 is 5.73 Å². The Balaban J connectivity index is 2.41. The van der Waals surface area contributed by atoms with E-state index >= 15 is 0 Å². The molecule has 0 aliphatic heterocycles. The van der Waals surface area contributed by atoms with Crippen LogP contribution in [0.15, 0.2) is 29.1 Å². The Morgan fingerprint density at radius 3 is 2.88 bits per heavy atom. The first kappa shape index (κ1) is 11.6. The maximum atomic E-state index is 11.6. The number of hydrogen-bond donors (Lipinski definition) is 1. The molecule has 0 unspecified atom stereocenters. The van der Waals surface area contributed by atoms with Gasteiger partial charge in [0.25, 0.3) is 5.56 Å². The molecule has 0 aliphatic rings. The van der Waals surface area contributed by atoms with Crippen LogP contribution in [-0.2, 0) is 6.54 Å². The Labute approximate surface area is 103 Å². The highest BCUT2D eigenvalue weighted by atomic mass is 35.5. The number of halogens is 1. The third-order valence-corrected chi connectivity index (χ3v) is 2.58. The van der Waals surface area contributed by atoms with Crippen LogP contribution >= 0.6 is 11.6 Å². The molecule has 6 heteroatoms. The van der Waals surface area contributed by atoms with Crippen LogP contribution in [0.4, 0.5) is 5.82 Å². The van der Waals surface area contributed by atoms with Crippen molar-refractivity contribution in [3.8, 4) is 0 Å². The molecule has 2 aromatic heterocycles. The quantitative estimate of drug-likeness (QED) is 0.870. The number of nitrogen functional groups attached to an aromatic ring is 1. The SMILES string of the molecule is Cc1ccc(=O)n(Cc2nc(N)ccc2Cl)n1. The molecule has 5 nitrogen and oxygen atoms in total. The average molecular weight is 251 g/mol. The van der Waals surface area contributed by atoms with Crippen molar-refractivity contribution in [2.24, 2.45) is 0 Å². The molecule has 2 N–H and O–H groups in total. The normalized spacial score (nSPS) is 10.5. The predicted octanol–water partition coefficient (Wildman–Crippen LogP) is 1.23. The van der Waals surface area contributed by atoms with Gasteiger partial charge in [-0.05, 0) is 25.1 Å². The van der Waals surface area contributed by atoms with Crippen molar-refractivity contribution >= 4 is 17.4 Å². The van der Waals surface area contributed by atoms with Crippen LogP contribution in [-0.4, -0.2) is 14.8 Å². The lowest BCUT2D eigenvalue weighted by atomic mass is 10.3. The van der Waals surface area contributed by atoms with Gasteiger partial charge in [0, 0.05) is 6.07 Å². The Kier molecular flexibility index (Phi) is 3.10. The van der Waals surface area contributed by atoms with E-state index in [9.17, 15) is 4.79 Å². The first-order valence-corrected chi connectivity index (χ1v) is 5.40. The molecule has 2 heterocycles. The van der Waals surface area contributed by atoms with Crippen molar-refractivity contribution in [1.82, 2.24) is 14.8 Å². The highest BCUT2D eigenvalue weighted by Crippen LogP contribution is 2.15. The van der Waals surface area contributed by atoms with E-state index in [1.165, 1.54) is 10.7 Å². The molecule has 0 aliphatic carbocycles. The second-order valence-electron chi connectivity index (χ2n) is 3.64. The van der Waals surface area contributed by atoms with Gasteiger partial charge in [-0.2, -0.15) is 5.10 Å². The van der Waals surface area contributed by atoms with E-state index in [-0.39, 0.29) is 12.1 Å². The zero-order valence-corrected chi connectivity index (χ0v) is 9.98. The topological polar surface area (TPSA) is 73.8 Å². The minimum absolute atomic E-state index is 0.198. The maximum absolute atomic E-state index is 11.6. The highest BCUT2D eigenvalue weighted by molar-refractivity contribution is 6.31. The molecule has 17 heavy (non-hydrogen) atoms. The largest absolute Gasteiger partial charge is 0.384 e. The number of aromatic nitrogens is 3. The van der Waals surface area contributed by atoms with E-state index in [0.717, 1.165) is 5.69 Å². The lowest BCUT2D eigenvalue weighted by Crippen LogP contribution is -2.23. The van der Waals surface area contributed by atoms with Crippen LogP contribution in [0.5, 0.6) is 0 Å². The number of anilines is 1. The van der Waals surface area contributed by atoms with Gasteiger partial charge in [0.15, 0.2) is 0 Å². The summed E-state index contributed by atoms with van der Waals surface area (Å²) in [5.41, 5.74) is 6.66. The zero-order chi connectivity index (χ0) is 12.4. The van der Waals surface area contributed by atoms with E-state index in [1.54, 1.807) is 18.2 Å². The second-order valence-corrected chi connectivity index (χ2v) is 4.04. The number of aryl methyl sites for hydroxylation is 1. The summed E-state index contributed by atoms with van der Waals surface area (Å²) in [6.07, 6.45) is 0. The monoisotopic (exact) mass is 250 g/mol. The molecule has 2 aromatic rings. The lowest BCUT2D eigenvalue weighted by Gasteiger charge is -2.06. The predicted molar refractivity (Wildman–Crippen MR) is 66.0 cm³/mol. The molecular weight excluding hydrogens is 240 g/mol. The molecule has 0 spiro atoms. The Hall–Kier alpha value is -1.88. The van der Waals surface area contributed by atoms with Crippen LogP contribution in [0, 0.1) is 6.92 Å². The molecule has 0 aromatic carbocycles. The first-order chi connectivity index (χ1) is 8.06. The van der Waals surface area contributed by atoms with E-state index < -0.39 is 0 Å². The summed E-state index contributed by atoms with van der Waals surface area (Å²) in [6.45, 7) is 2.02. The average Bonchev–Trinajstić information content (AvgIpc) is 2.28. The zero-order valence-electron chi connectivity index (χ0n) is 9.22. The summed E-state index contributed by atoms with van der Waals surface area (Å²) in [6, 6.07) is 6.38. The van der Waals surface area contributed by atoms with Gasteiger partial charge in [-0.1, -0.05) is 11.6 Å². The van der Waals surface area contributed by atoms with Crippen molar-refractivity contribution in [3.05, 3.63) is 51.0 Å². The van der Waals surface area contributed by atoms with Crippen molar-refractivity contribution < 1.29 is 0 Å². The van der Waals surface area contributed by atoms with Gasteiger partial charge in [-0.25, -0.2) is 9.67 Å². The van der Waals surface area contributed by atoms with E-state index in [0.29, 0.717) is 16.5 Å². The Morgan fingerprint density at radius 2 is 2.12 bits per heavy atom. The molecular formula is C11H11ClN4O. The first-order valence-electron chi connectivity index (χ1n) is 5.02. The van der Waals surface area contributed by atoms with Gasteiger partial charge >= 0.3 is 0 Å². The summed E-state index contributed by atoms with van der Waals surface area (Å²) in [7, 11) is 0. The van der Waals surface area contributed by atoms with Crippen LogP contribution in [0.25, 0.3) is 0 Å². The number of hydrogen-bond acceptors (Lipinski definition) is 4. The smallest absolute Gasteiger partial charge is 0.267 e. The lowest BCUT2D eigenvalue weighted by molar-refractivity contribution is 0.619. The van der Waals surface area contributed by atoms with Gasteiger partial charge in [0.1, 0.15) is 5.82 Å². The maximum Gasteiger partial charge on any atom is 0.267 e. The number of nitrogens with two attached hydrogens (primary N) is 1. The number of nitrogens with zero attached hydrogens (tertiary/aromatic N) is 3. The summed E-state index contributed by atoms with van der Waals surface area (Å²) >= 11 is 5.98. The van der Waals surface area contributed by atoms with Crippen molar-refractivity contribution in [3.63, 3.8) is 0 Å². The summed E-state index contributed by atoms with van der Waals surface area (Å²) in [5, 5.41) is 4.57. The van der Waals surface area contributed by atoms with Gasteiger partial charge in [-0.3, -0.25) is 4.79 Å². The van der Waals surface area contributed by atoms with Gasteiger partial charge in [0.05, 0.1) is 23.0 Å². The summed E-state index contributed by atoms with van der Waals surface area (Å²) < 4.78 is 1.31. The van der Waals surface area contributed by atoms with E-state index in [4.69, 9.17) is 17.3 Å². The van der Waals surface area contributed by atoms with Crippen LogP contribution < -0.4 is 11.3 Å². The van der Waals surface area contributed by atoms with Crippen LogP contribution in [0.1, 0.15) is 11.4 Å². The van der Waals surface area contributed by atoms with Crippen LogP contribution in [0.3, 0.4) is 0 Å². The molecule has 0 saturated heterocycles. The molecule has 0 saturated carbocycles. The fourth-order valence-corrected chi connectivity index (χ4v) is 1.58. The summed E-state index contributed by atoms with van der Waals surface area (Å²) in [4.78, 5) is 15.7. The van der Waals surface area contributed by atoms with Crippen LogP contribution in [0.2, 0.25) is 5.02 Å². The molecule has 88 valence electrons. The molecule has 0 amide bonds. The molecule has 0 fully saturated rings.